The molecular formula is C42H36S2. The Morgan fingerprint density at radius 2 is 0.750 bits per heavy atom. The van der Waals surface area contributed by atoms with Gasteiger partial charge in [0.2, 0.25) is 0 Å². The van der Waals surface area contributed by atoms with E-state index in [0.717, 1.165) is 0 Å². The highest BCUT2D eigenvalue weighted by atomic mass is 32.1. The van der Waals surface area contributed by atoms with Crippen LogP contribution in [0, 0.1) is 0 Å². The first-order valence-corrected chi connectivity index (χ1v) is 17.1. The maximum atomic E-state index is 2.40. The molecule has 0 spiro atoms. The first kappa shape index (κ1) is 27.6. The molecule has 2 aromatic heterocycles. The van der Waals surface area contributed by atoms with Gasteiger partial charge in [0.05, 0.1) is 9.40 Å². The highest BCUT2D eigenvalue weighted by Gasteiger charge is 2.20. The molecule has 0 atom stereocenters. The van der Waals surface area contributed by atoms with Gasteiger partial charge in [-0.25, -0.2) is 0 Å². The third kappa shape index (κ3) is 4.38. The molecule has 0 amide bonds. The van der Waals surface area contributed by atoms with E-state index in [9.17, 15) is 0 Å². The smallest absolute Gasteiger partial charge is 0.0540 e. The van der Waals surface area contributed by atoms with Crippen LogP contribution in [0.15, 0.2) is 109 Å². The minimum Gasteiger partial charge on any atom is -0.134 e. The van der Waals surface area contributed by atoms with E-state index in [4.69, 9.17) is 0 Å². The molecule has 0 radical (unpaired) electrons. The van der Waals surface area contributed by atoms with Gasteiger partial charge in [0, 0.05) is 30.9 Å². The van der Waals surface area contributed by atoms with Gasteiger partial charge in [0.1, 0.15) is 0 Å². The molecule has 0 saturated heterocycles. The summed E-state index contributed by atoms with van der Waals surface area (Å²) < 4.78 is 5.52. The Balaban J connectivity index is 1.32. The molecule has 0 saturated carbocycles. The van der Waals surface area contributed by atoms with Gasteiger partial charge in [0.25, 0.3) is 0 Å². The molecule has 216 valence electrons. The standard InChI is InChI=1S/C42H36S2/c1-41(2,3)29-17-11-25(12-18-29)27-15-21-33-35(23-27)43-39-37(33)31-9-7-8-10-32(31)38-34-22-16-28(24-36(34)44-40(38)39)26-13-19-30(20-14-26)42(4,5)6/h7-24H,1-6H3. The number of fused-ring (bicyclic) bond motifs is 10. The van der Waals surface area contributed by atoms with Gasteiger partial charge in [-0.3, -0.25) is 0 Å². The minimum atomic E-state index is 0.155. The summed E-state index contributed by atoms with van der Waals surface area (Å²) in [6.07, 6.45) is 0. The van der Waals surface area contributed by atoms with Crippen LogP contribution in [-0.4, -0.2) is 0 Å². The van der Waals surface area contributed by atoms with Crippen LogP contribution < -0.4 is 0 Å². The molecule has 0 N–H and O–H groups in total. The lowest BCUT2D eigenvalue weighted by atomic mass is 9.86. The van der Waals surface area contributed by atoms with Crippen molar-refractivity contribution in [3.05, 3.63) is 120 Å². The Morgan fingerprint density at radius 1 is 0.386 bits per heavy atom. The van der Waals surface area contributed by atoms with Crippen LogP contribution in [0.1, 0.15) is 52.7 Å². The lowest BCUT2D eigenvalue weighted by Crippen LogP contribution is -2.10. The van der Waals surface area contributed by atoms with Gasteiger partial charge >= 0.3 is 0 Å². The van der Waals surface area contributed by atoms with Crippen LogP contribution >= 0.6 is 22.7 Å². The van der Waals surface area contributed by atoms with E-state index < -0.39 is 0 Å². The molecule has 2 heteroatoms. The Labute approximate surface area is 267 Å². The average molecular weight is 605 g/mol. The van der Waals surface area contributed by atoms with Crippen molar-refractivity contribution in [2.45, 2.75) is 52.4 Å². The summed E-state index contributed by atoms with van der Waals surface area (Å²) in [4.78, 5) is 0. The molecule has 8 rings (SSSR count). The molecule has 0 aliphatic rings. The zero-order valence-corrected chi connectivity index (χ0v) is 27.8. The number of benzene rings is 6. The molecule has 44 heavy (non-hydrogen) atoms. The number of hydrogen-bond donors (Lipinski definition) is 0. The van der Waals surface area contributed by atoms with Gasteiger partial charge in [0.15, 0.2) is 0 Å². The molecule has 0 aliphatic heterocycles. The maximum Gasteiger partial charge on any atom is 0.0540 e. The Morgan fingerprint density at radius 3 is 1.11 bits per heavy atom. The van der Waals surface area contributed by atoms with Gasteiger partial charge in [-0.15, -0.1) is 22.7 Å². The summed E-state index contributed by atoms with van der Waals surface area (Å²) in [6, 6.07) is 41.4. The largest absolute Gasteiger partial charge is 0.134 e. The summed E-state index contributed by atoms with van der Waals surface area (Å²) in [5, 5.41) is 8.21. The Bertz CT molecular complexity index is 2200. The first-order chi connectivity index (χ1) is 21.1. The molecule has 0 fully saturated rings. The van der Waals surface area contributed by atoms with Crippen molar-refractivity contribution in [3.8, 4) is 22.3 Å². The molecule has 6 aromatic carbocycles. The van der Waals surface area contributed by atoms with Gasteiger partial charge in [-0.2, -0.15) is 0 Å². The average Bonchev–Trinajstić information content (AvgIpc) is 3.59. The number of hydrogen-bond acceptors (Lipinski definition) is 2. The second-order valence-electron chi connectivity index (χ2n) is 14.2. The van der Waals surface area contributed by atoms with Crippen LogP contribution in [0.25, 0.3) is 73.4 Å². The van der Waals surface area contributed by atoms with Gasteiger partial charge in [-0.05, 0) is 67.1 Å². The second kappa shape index (κ2) is 9.76. The van der Waals surface area contributed by atoms with Crippen LogP contribution in [0.2, 0.25) is 0 Å². The van der Waals surface area contributed by atoms with Crippen molar-refractivity contribution in [1.29, 1.82) is 0 Å². The van der Waals surface area contributed by atoms with Crippen molar-refractivity contribution in [3.63, 3.8) is 0 Å². The Hall–Kier alpha value is -3.98. The molecule has 2 heterocycles. The topological polar surface area (TPSA) is 0 Å². The van der Waals surface area contributed by atoms with E-state index in [-0.39, 0.29) is 10.8 Å². The van der Waals surface area contributed by atoms with Crippen LogP contribution in [0.3, 0.4) is 0 Å². The number of thiophene rings is 2. The lowest BCUT2D eigenvalue weighted by Gasteiger charge is -2.19. The van der Waals surface area contributed by atoms with Crippen molar-refractivity contribution < 1.29 is 0 Å². The van der Waals surface area contributed by atoms with Crippen LogP contribution in [0.4, 0.5) is 0 Å². The maximum absolute atomic E-state index is 2.40. The molecule has 8 aromatic rings. The second-order valence-corrected chi connectivity index (χ2v) is 16.3. The van der Waals surface area contributed by atoms with E-state index >= 15 is 0 Å². The number of rotatable bonds is 2. The van der Waals surface area contributed by atoms with Gasteiger partial charge < -0.3 is 0 Å². The highest BCUT2D eigenvalue weighted by Crippen LogP contribution is 2.50. The predicted molar refractivity (Wildman–Crippen MR) is 198 cm³/mol. The van der Waals surface area contributed by atoms with E-state index in [1.165, 1.54) is 84.5 Å². The summed E-state index contributed by atoms with van der Waals surface area (Å²) in [5.41, 5.74) is 8.16. The fraction of sp³-hybridized carbons (Fsp3) is 0.190. The van der Waals surface area contributed by atoms with E-state index in [1.54, 1.807) is 0 Å². The molecule has 0 bridgehead atoms. The first-order valence-electron chi connectivity index (χ1n) is 15.5. The van der Waals surface area contributed by atoms with Crippen molar-refractivity contribution >= 4 is 73.8 Å². The summed E-state index contributed by atoms with van der Waals surface area (Å²) in [6.45, 7) is 13.6. The third-order valence-corrected chi connectivity index (χ3v) is 11.7. The molecular weight excluding hydrogens is 569 g/mol. The third-order valence-electron chi connectivity index (χ3n) is 9.22. The molecule has 0 aliphatic carbocycles. The van der Waals surface area contributed by atoms with Crippen molar-refractivity contribution in [1.82, 2.24) is 0 Å². The summed E-state index contributed by atoms with van der Waals surface area (Å²) in [7, 11) is 0. The highest BCUT2D eigenvalue weighted by molar-refractivity contribution is 7.33. The van der Waals surface area contributed by atoms with Crippen molar-refractivity contribution in [2.75, 3.05) is 0 Å². The summed E-state index contributed by atoms with van der Waals surface area (Å²) >= 11 is 3.90. The fourth-order valence-corrected chi connectivity index (χ4v) is 9.31. The predicted octanol–water partition coefficient (Wildman–Crippen LogP) is 13.5. The fourth-order valence-electron chi connectivity index (χ4n) is 6.65. The van der Waals surface area contributed by atoms with Crippen LogP contribution in [-0.2, 0) is 10.8 Å². The molecule has 0 unspecified atom stereocenters. The van der Waals surface area contributed by atoms with E-state index in [2.05, 4.69) is 151 Å². The molecule has 0 nitrogen and oxygen atoms in total. The van der Waals surface area contributed by atoms with E-state index in [1.807, 2.05) is 22.7 Å². The van der Waals surface area contributed by atoms with Crippen molar-refractivity contribution in [2.24, 2.45) is 0 Å². The normalized spacial score (nSPS) is 12.8. The van der Waals surface area contributed by atoms with Gasteiger partial charge in [-0.1, -0.05) is 139 Å². The van der Waals surface area contributed by atoms with E-state index in [0.29, 0.717) is 0 Å². The monoisotopic (exact) mass is 604 g/mol. The summed E-state index contributed by atoms with van der Waals surface area (Å²) in [5.74, 6) is 0. The quantitative estimate of drug-likeness (QED) is 0.184. The zero-order chi connectivity index (χ0) is 30.4. The minimum absolute atomic E-state index is 0.155. The lowest BCUT2D eigenvalue weighted by molar-refractivity contribution is 0.590. The zero-order valence-electron chi connectivity index (χ0n) is 26.2. The Kier molecular flexibility index (Phi) is 6.11. The van der Waals surface area contributed by atoms with Crippen LogP contribution in [0.5, 0.6) is 0 Å². The SMILES string of the molecule is CC(C)(C)c1ccc(-c2ccc3c(c2)sc2c4sc5cc(-c6ccc(C(C)(C)C)cc6)ccc5c4c4ccccc4c32)cc1.